The Morgan fingerprint density at radius 2 is 0.898 bits per heavy atom. The Morgan fingerprint density at radius 1 is 0.347 bits per heavy atom. The highest BCUT2D eigenvalue weighted by Crippen LogP contribution is 2.46. The Kier molecular flexibility index (Phi) is 6.39. The zero-order valence-electron chi connectivity index (χ0n) is 26.5. The van der Waals surface area contributed by atoms with Crippen molar-refractivity contribution in [2.24, 2.45) is 0 Å². The van der Waals surface area contributed by atoms with Crippen molar-refractivity contribution in [3.05, 3.63) is 170 Å². The van der Waals surface area contributed by atoms with E-state index in [1.165, 1.54) is 64.3 Å². The molecule has 3 heteroatoms. The van der Waals surface area contributed by atoms with Crippen molar-refractivity contribution >= 4 is 64.1 Å². The molecule has 0 spiro atoms. The Balaban J connectivity index is 1.12. The van der Waals surface area contributed by atoms with Crippen molar-refractivity contribution in [3.8, 4) is 44.6 Å². The van der Waals surface area contributed by atoms with E-state index in [1.807, 2.05) is 17.5 Å². The first kappa shape index (κ1) is 27.9. The molecule has 0 fully saturated rings. The molecule has 10 aromatic rings. The van der Waals surface area contributed by atoms with Crippen LogP contribution in [0.25, 0.3) is 97.4 Å². The molecule has 49 heavy (non-hydrogen) atoms. The first-order valence-corrected chi connectivity index (χ1v) is 17.4. The van der Waals surface area contributed by atoms with E-state index in [9.17, 15) is 0 Å². The maximum Gasteiger partial charge on any atom is 0.0979 e. The van der Waals surface area contributed by atoms with Gasteiger partial charge in [-0.25, -0.2) is 4.98 Å². The lowest BCUT2D eigenvalue weighted by Gasteiger charge is -2.11. The third-order valence-corrected chi connectivity index (χ3v) is 11.0. The molecule has 0 unspecified atom stereocenters. The van der Waals surface area contributed by atoms with Gasteiger partial charge in [-0.2, -0.15) is 0 Å². The average Bonchev–Trinajstić information content (AvgIpc) is 3.57. The molecule has 0 radical (unpaired) electrons. The Hall–Kier alpha value is -6.16. The number of hydrogen-bond acceptors (Lipinski definition) is 3. The van der Waals surface area contributed by atoms with E-state index in [-0.39, 0.29) is 0 Å². The number of thiophene rings is 1. The van der Waals surface area contributed by atoms with Gasteiger partial charge in [0.15, 0.2) is 0 Å². The second kappa shape index (κ2) is 11.2. The maximum absolute atomic E-state index is 5.22. The van der Waals surface area contributed by atoms with Crippen LogP contribution in [0.15, 0.2) is 170 Å². The fourth-order valence-electron chi connectivity index (χ4n) is 7.34. The van der Waals surface area contributed by atoms with Crippen LogP contribution in [-0.4, -0.2) is 9.97 Å². The number of nitrogens with zero attached hydrogens (tertiary/aromatic N) is 2. The summed E-state index contributed by atoms with van der Waals surface area (Å²) in [5.74, 6) is 0. The molecule has 0 bridgehead atoms. The van der Waals surface area contributed by atoms with Gasteiger partial charge in [0.1, 0.15) is 0 Å². The summed E-state index contributed by atoms with van der Waals surface area (Å²) in [6, 6.07) is 58.7. The van der Waals surface area contributed by atoms with Crippen LogP contribution in [0, 0.1) is 0 Å². The minimum absolute atomic E-state index is 0.872. The molecule has 0 aliphatic heterocycles. The molecule has 2 nitrogen and oxygen atoms in total. The standard InChI is InChI=1S/C46H28N2S/c1-3-12-30(13-4-1)34-20-11-21-39-41-27-33(26-40(46(41)49-45(34)39)31-14-5-2-6-15-31)29-22-24-32(25-23-29)42-28-47-43-37-18-9-7-16-35(37)36-17-8-10-19-38(36)44(43)48-42/h1-28H. The van der Waals surface area contributed by atoms with E-state index in [0.717, 1.165) is 33.1 Å². The van der Waals surface area contributed by atoms with Crippen LogP contribution in [0.3, 0.4) is 0 Å². The third kappa shape index (κ3) is 4.55. The summed E-state index contributed by atoms with van der Waals surface area (Å²) in [4.78, 5) is 10.2. The largest absolute Gasteiger partial charge is 0.252 e. The number of benzene rings is 8. The van der Waals surface area contributed by atoms with Crippen molar-refractivity contribution in [1.29, 1.82) is 0 Å². The maximum atomic E-state index is 5.22. The zero-order valence-corrected chi connectivity index (χ0v) is 27.3. The molecular weight excluding hydrogens is 613 g/mol. The lowest BCUT2D eigenvalue weighted by molar-refractivity contribution is 1.31. The summed E-state index contributed by atoms with van der Waals surface area (Å²) in [5, 5.41) is 7.25. The smallest absolute Gasteiger partial charge is 0.0979 e. The van der Waals surface area contributed by atoms with Crippen molar-refractivity contribution in [3.63, 3.8) is 0 Å². The lowest BCUT2D eigenvalue weighted by atomic mass is 9.94. The van der Waals surface area contributed by atoms with E-state index in [2.05, 4.69) is 164 Å². The number of hydrogen-bond donors (Lipinski definition) is 0. The fraction of sp³-hybridized carbons (Fsp3) is 0. The molecule has 2 aromatic heterocycles. The molecule has 0 saturated carbocycles. The van der Waals surface area contributed by atoms with Gasteiger partial charge in [-0.1, -0.05) is 152 Å². The molecule has 0 atom stereocenters. The van der Waals surface area contributed by atoms with E-state index >= 15 is 0 Å². The van der Waals surface area contributed by atoms with Crippen LogP contribution in [0.5, 0.6) is 0 Å². The van der Waals surface area contributed by atoms with Gasteiger partial charge in [0.05, 0.1) is 22.9 Å². The van der Waals surface area contributed by atoms with Crippen LogP contribution >= 0.6 is 11.3 Å². The van der Waals surface area contributed by atoms with Crippen LogP contribution in [0.1, 0.15) is 0 Å². The summed E-state index contributed by atoms with van der Waals surface area (Å²) in [5.41, 5.74) is 11.2. The SMILES string of the molecule is c1ccc(-c2cccc3c2sc2c(-c4ccccc4)cc(-c4ccc(-c5cnc6c7ccccc7c7ccccc7c6n5)cc4)cc23)cc1. The van der Waals surface area contributed by atoms with Gasteiger partial charge in [-0.15, -0.1) is 11.3 Å². The van der Waals surface area contributed by atoms with Crippen molar-refractivity contribution < 1.29 is 0 Å². The first-order valence-electron chi connectivity index (χ1n) is 16.6. The summed E-state index contributed by atoms with van der Waals surface area (Å²) in [6.45, 7) is 0. The van der Waals surface area contributed by atoms with Gasteiger partial charge in [-0.05, 0) is 50.7 Å². The number of fused-ring (bicyclic) bond motifs is 9. The second-order valence-corrected chi connectivity index (χ2v) is 13.6. The quantitative estimate of drug-likeness (QED) is 0.179. The van der Waals surface area contributed by atoms with E-state index in [1.54, 1.807) is 0 Å². The van der Waals surface area contributed by atoms with Crippen molar-refractivity contribution in [1.82, 2.24) is 9.97 Å². The van der Waals surface area contributed by atoms with Gasteiger partial charge in [-0.3, -0.25) is 4.98 Å². The highest BCUT2D eigenvalue weighted by Gasteiger charge is 2.17. The van der Waals surface area contributed by atoms with Crippen LogP contribution in [-0.2, 0) is 0 Å². The third-order valence-electron chi connectivity index (χ3n) is 9.71. The average molecular weight is 641 g/mol. The minimum atomic E-state index is 0.872. The van der Waals surface area contributed by atoms with E-state index < -0.39 is 0 Å². The molecule has 0 saturated heterocycles. The highest BCUT2D eigenvalue weighted by atomic mass is 32.1. The molecule has 228 valence electrons. The van der Waals surface area contributed by atoms with Gasteiger partial charge in [0.25, 0.3) is 0 Å². The molecule has 0 amide bonds. The number of aromatic nitrogens is 2. The van der Waals surface area contributed by atoms with Crippen LogP contribution in [0.2, 0.25) is 0 Å². The molecule has 0 N–H and O–H groups in total. The predicted octanol–water partition coefficient (Wildman–Crippen LogP) is 13.0. The normalized spacial score (nSPS) is 11.7. The summed E-state index contributed by atoms with van der Waals surface area (Å²) in [7, 11) is 0. The molecule has 0 aliphatic carbocycles. The van der Waals surface area contributed by atoms with Gasteiger partial charge >= 0.3 is 0 Å². The second-order valence-electron chi connectivity index (χ2n) is 12.5. The van der Waals surface area contributed by atoms with E-state index in [4.69, 9.17) is 9.97 Å². The minimum Gasteiger partial charge on any atom is -0.252 e. The molecule has 2 heterocycles. The zero-order chi connectivity index (χ0) is 32.3. The molecular formula is C46H28N2S. The fourth-order valence-corrected chi connectivity index (χ4v) is 8.69. The summed E-state index contributed by atoms with van der Waals surface area (Å²) >= 11 is 1.90. The van der Waals surface area contributed by atoms with Crippen molar-refractivity contribution in [2.45, 2.75) is 0 Å². The Labute approximate surface area is 287 Å². The molecule has 8 aromatic carbocycles. The van der Waals surface area contributed by atoms with Gasteiger partial charge in [0, 0.05) is 42.1 Å². The monoisotopic (exact) mass is 640 g/mol. The Bertz CT molecular complexity index is 2820. The van der Waals surface area contributed by atoms with Crippen LogP contribution < -0.4 is 0 Å². The first-order chi connectivity index (χ1) is 24.3. The number of rotatable bonds is 4. The molecule has 10 rings (SSSR count). The summed E-state index contributed by atoms with van der Waals surface area (Å²) < 4.78 is 2.64. The molecule has 0 aliphatic rings. The summed E-state index contributed by atoms with van der Waals surface area (Å²) in [6.07, 6.45) is 1.92. The highest BCUT2D eigenvalue weighted by molar-refractivity contribution is 7.26. The van der Waals surface area contributed by atoms with Gasteiger partial charge in [0.2, 0.25) is 0 Å². The topological polar surface area (TPSA) is 25.8 Å². The Morgan fingerprint density at radius 3 is 1.59 bits per heavy atom. The van der Waals surface area contributed by atoms with Crippen LogP contribution in [0.4, 0.5) is 0 Å². The lowest BCUT2D eigenvalue weighted by Crippen LogP contribution is -1.92. The van der Waals surface area contributed by atoms with E-state index in [0.29, 0.717) is 0 Å². The predicted molar refractivity (Wildman–Crippen MR) is 209 cm³/mol. The van der Waals surface area contributed by atoms with Crippen molar-refractivity contribution in [2.75, 3.05) is 0 Å². The van der Waals surface area contributed by atoms with Gasteiger partial charge < -0.3 is 0 Å².